The summed E-state index contributed by atoms with van der Waals surface area (Å²) in [6, 6.07) is 17.3. The number of ether oxygens (including phenoxy) is 4. The van der Waals surface area contributed by atoms with Crippen LogP contribution in [0, 0.1) is 0 Å². The van der Waals surface area contributed by atoms with Crippen molar-refractivity contribution < 1.29 is 23.7 Å². The Labute approximate surface area is 268 Å². The van der Waals surface area contributed by atoms with E-state index in [0.717, 1.165) is 11.1 Å². The topological polar surface area (TPSA) is 88.4 Å². The fraction of sp³-hybridized carbons (Fsp3) is 0.242. The number of benzene rings is 3. The molecule has 0 fully saturated rings. The van der Waals surface area contributed by atoms with Gasteiger partial charge in [-0.3, -0.25) is 9.36 Å². The molecule has 0 bridgehead atoms. The van der Waals surface area contributed by atoms with Gasteiger partial charge >= 0.3 is 5.97 Å². The van der Waals surface area contributed by atoms with Gasteiger partial charge in [0.25, 0.3) is 5.56 Å². The van der Waals surface area contributed by atoms with Gasteiger partial charge < -0.3 is 18.9 Å². The molecule has 4 aromatic rings. The van der Waals surface area contributed by atoms with Crippen molar-refractivity contribution in [3.63, 3.8) is 0 Å². The van der Waals surface area contributed by atoms with Crippen molar-refractivity contribution in [3.05, 3.63) is 118 Å². The molecule has 0 radical (unpaired) electrons. The molecule has 2 heterocycles. The predicted molar refractivity (Wildman–Crippen MR) is 172 cm³/mol. The molecule has 0 amide bonds. The van der Waals surface area contributed by atoms with E-state index < -0.39 is 12.0 Å². The van der Waals surface area contributed by atoms with E-state index in [4.69, 9.17) is 42.1 Å². The Morgan fingerprint density at radius 1 is 0.977 bits per heavy atom. The number of halogens is 2. The number of fused-ring (bicyclic) bond motifs is 1. The molecular weight excluding hydrogens is 623 g/mol. The summed E-state index contributed by atoms with van der Waals surface area (Å²) in [6.07, 6.45) is 1.77. The van der Waals surface area contributed by atoms with Gasteiger partial charge in [0.2, 0.25) is 0 Å². The summed E-state index contributed by atoms with van der Waals surface area (Å²) in [5.41, 5.74) is 2.73. The molecule has 1 aliphatic heterocycles. The van der Waals surface area contributed by atoms with E-state index in [1.165, 1.54) is 11.3 Å². The van der Waals surface area contributed by atoms with Gasteiger partial charge in [0.15, 0.2) is 16.3 Å². The number of para-hydroxylation sites is 1. The standard InChI is InChI=1S/C33H30Cl2N2O6S/c1-5-41-25-10-8-7-9-22(25)30-29(32(39)42-6-2)19(3)36-33-37(30)31(38)28(44-33)17-20-12-14-26(27(16-20)40-4)43-18-21-11-13-23(34)24(35)15-21/h7-17,30H,5-6,18H2,1-4H3/b28-17-/t30-/m0/s1. The maximum absolute atomic E-state index is 14.0. The smallest absolute Gasteiger partial charge is 0.338 e. The molecule has 0 saturated heterocycles. The molecule has 0 saturated carbocycles. The largest absolute Gasteiger partial charge is 0.494 e. The Kier molecular flexibility index (Phi) is 9.78. The molecule has 0 aliphatic carbocycles. The van der Waals surface area contributed by atoms with Gasteiger partial charge in [-0.05, 0) is 68.3 Å². The van der Waals surface area contributed by atoms with Crippen LogP contribution in [-0.4, -0.2) is 30.9 Å². The van der Waals surface area contributed by atoms with E-state index in [0.29, 0.717) is 60.1 Å². The summed E-state index contributed by atoms with van der Waals surface area (Å²) in [5.74, 6) is 1.07. The second-order valence-corrected chi connectivity index (χ2v) is 11.5. The first-order valence-corrected chi connectivity index (χ1v) is 15.5. The summed E-state index contributed by atoms with van der Waals surface area (Å²) in [4.78, 5) is 32.4. The maximum Gasteiger partial charge on any atom is 0.338 e. The van der Waals surface area contributed by atoms with E-state index in [2.05, 4.69) is 4.99 Å². The number of nitrogens with zero attached hydrogens (tertiary/aromatic N) is 2. The number of hydrogen-bond donors (Lipinski definition) is 0. The van der Waals surface area contributed by atoms with Crippen molar-refractivity contribution in [1.82, 2.24) is 4.57 Å². The highest BCUT2D eigenvalue weighted by Gasteiger charge is 2.35. The summed E-state index contributed by atoms with van der Waals surface area (Å²) >= 11 is 13.4. The van der Waals surface area contributed by atoms with Crippen LogP contribution >= 0.6 is 34.5 Å². The highest BCUT2D eigenvalue weighted by molar-refractivity contribution is 7.07. The van der Waals surface area contributed by atoms with Crippen LogP contribution in [0.1, 0.15) is 43.5 Å². The number of aromatic nitrogens is 1. The Hall–Kier alpha value is -4.05. The first kappa shape index (κ1) is 31.4. The average molecular weight is 654 g/mol. The summed E-state index contributed by atoms with van der Waals surface area (Å²) in [7, 11) is 1.55. The summed E-state index contributed by atoms with van der Waals surface area (Å²) in [6.45, 7) is 6.25. The normalized spacial score (nSPS) is 14.6. The molecule has 228 valence electrons. The molecule has 0 N–H and O–H groups in total. The van der Waals surface area contributed by atoms with Crippen LogP contribution in [0.5, 0.6) is 17.2 Å². The molecule has 3 aromatic carbocycles. The Bertz CT molecular complexity index is 1930. The Morgan fingerprint density at radius 2 is 1.77 bits per heavy atom. The van der Waals surface area contributed by atoms with Gasteiger partial charge in [-0.1, -0.05) is 64.9 Å². The second kappa shape index (κ2) is 13.7. The number of carbonyl (C=O) groups is 1. The minimum Gasteiger partial charge on any atom is -0.494 e. The third-order valence-electron chi connectivity index (χ3n) is 6.89. The minimum atomic E-state index is -0.776. The van der Waals surface area contributed by atoms with Gasteiger partial charge in [-0.2, -0.15) is 0 Å². The van der Waals surface area contributed by atoms with Crippen molar-refractivity contribution in [1.29, 1.82) is 0 Å². The van der Waals surface area contributed by atoms with Crippen LogP contribution < -0.4 is 29.1 Å². The number of methoxy groups -OCH3 is 1. The lowest BCUT2D eigenvalue weighted by molar-refractivity contribution is -0.139. The zero-order valence-corrected chi connectivity index (χ0v) is 26.9. The Balaban J connectivity index is 1.55. The number of carbonyl (C=O) groups excluding carboxylic acids is 1. The van der Waals surface area contributed by atoms with Crippen molar-refractivity contribution in [2.75, 3.05) is 20.3 Å². The highest BCUT2D eigenvalue weighted by atomic mass is 35.5. The second-order valence-electron chi connectivity index (χ2n) is 9.72. The molecule has 1 aromatic heterocycles. The SMILES string of the molecule is CCOC(=O)C1=C(C)N=c2s/c(=C\c3ccc(OCc4ccc(Cl)c(Cl)c4)c(OC)c3)c(=O)n2[C@H]1c1ccccc1OCC. The van der Waals surface area contributed by atoms with Gasteiger partial charge in [0.1, 0.15) is 18.4 Å². The maximum atomic E-state index is 14.0. The van der Waals surface area contributed by atoms with Crippen LogP contribution in [0.15, 0.2) is 81.7 Å². The average Bonchev–Trinajstić information content (AvgIpc) is 3.31. The van der Waals surface area contributed by atoms with E-state index in [-0.39, 0.29) is 18.8 Å². The molecule has 1 aliphatic rings. The number of allylic oxidation sites excluding steroid dienone is 1. The lowest BCUT2D eigenvalue weighted by atomic mass is 9.95. The quantitative estimate of drug-likeness (QED) is 0.193. The highest BCUT2D eigenvalue weighted by Crippen LogP contribution is 2.36. The zero-order chi connectivity index (χ0) is 31.4. The van der Waals surface area contributed by atoms with Crippen LogP contribution in [0.4, 0.5) is 0 Å². The van der Waals surface area contributed by atoms with Gasteiger partial charge in [-0.25, -0.2) is 9.79 Å². The van der Waals surface area contributed by atoms with E-state index in [1.807, 2.05) is 43.3 Å². The van der Waals surface area contributed by atoms with Crippen LogP contribution in [0.3, 0.4) is 0 Å². The van der Waals surface area contributed by atoms with Crippen molar-refractivity contribution in [3.8, 4) is 17.2 Å². The Morgan fingerprint density at radius 3 is 2.50 bits per heavy atom. The first-order valence-electron chi connectivity index (χ1n) is 13.9. The number of esters is 1. The molecule has 0 spiro atoms. The van der Waals surface area contributed by atoms with Crippen molar-refractivity contribution >= 4 is 46.6 Å². The van der Waals surface area contributed by atoms with E-state index >= 15 is 0 Å². The third kappa shape index (κ3) is 6.40. The van der Waals surface area contributed by atoms with Crippen LogP contribution in [0.25, 0.3) is 6.08 Å². The monoisotopic (exact) mass is 652 g/mol. The molecule has 0 unspecified atom stereocenters. The van der Waals surface area contributed by atoms with E-state index in [1.54, 1.807) is 55.9 Å². The number of rotatable bonds is 10. The molecule has 44 heavy (non-hydrogen) atoms. The lowest BCUT2D eigenvalue weighted by Crippen LogP contribution is -2.40. The molecule has 5 rings (SSSR count). The van der Waals surface area contributed by atoms with Gasteiger partial charge in [0, 0.05) is 5.56 Å². The van der Waals surface area contributed by atoms with Crippen molar-refractivity contribution in [2.45, 2.75) is 33.4 Å². The molecular formula is C33H30Cl2N2O6S. The predicted octanol–water partition coefficient (Wildman–Crippen LogP) is 6.09. The molecule has 1 atom stereocenters. The van der Waals surface area contributed by atoms with Crippen LogP contribution in [0.2, 0.25) is 10.0 Å². The fourth-order valence-electron chi connectivity index (χ4n) is 4.91. The van der Waals surface area contributed by atoms with Crippen LogP contribution in [-0.2, 0) is 16.1 Å². The van der Waals surface area contributed by atoms with Gasteiger partial charge in [-0.15, -0.1) is 0 Å². The zero-order valence-electron chi connectivity index (χ0n) is 24.6. The molecule has 11 heteroatoms. The molecule has 8 nitrogen and oxygen atoms in total. The number of hydrogen-bond acceptors (Lipinski definition) is 8. The fourth-order valence-corrected chi connectivity index (χ4v) is 6.28. The van der Waals surface area contributed by atoms with Gasteiger partial charge in [0.05, 0.1) is 46.2 Å². The van der Waals surface area contributed by atoms with Crippen molar-refractivity contribution in [2.24, 2.45) is 4.99 Å². The van der Waals surface area contributed by atoms with E-state index in [9.17, 15) is 9.59 Å². The third-order valence-corrected chi connectivity index (χ3v) is 8.62. The summed E-state index contributed by atoms with van der Waals surface area (Å²) < 4.78 is 24.9. The first-order chi connectivity index (χ1) is 21.2. The summed E-state index contributed by atoms with van der Waals surface area (Å²) in [5, 5.41) is 0.921. The number of thiazole rings is 1. The lowest BCUT2D eigenvalue weighted by Gasteiger charge is -2.26. The minimum absolute atomic E-state index is 0.189.